The number of ether oxygens (including phenoxy) is 1. The number of benzene rings is 4. The van der Waals surface area contributed by atoms with Gasteiger partial charge in [-0.05, 0) is 91.6 Å². The molecule has 8 amide bonds. The molecule has 0 saturated carbocycles. The highest BCUT2D eigenvalue weighted by Gasteiger charge is 2.50. The molecule has 4 aliphatic heterocycles. The molecule has 14 unspecified atom stereocenters. The van der Waals surface area contributed by atoms with Gasteiger partial charge in [0, 0.05) is 86.0 Å². The Morgan fingerprint density at radius 3 is 2.02 bits per heavy atom. The number of aliphatic hydroxyl groups is 7. The maximum Gasteiger partial charge on any atom is 0.261 e. The Morgan fingerprint density at radius 1 is 0.784 bits per heavy atom. The number of nitrogens with zero attached hydrogens (tertiary/aromatic N) is 5. The van der Waals surface area contributed by atoms with Gasteiger partial charge in [-0.1, -0.05) is 69.6 Å². The van der Waals surface area contributed by atoms with Crippen LogP contribution in [0.4, 0.5) is 5.69 Å². The molecule has 4 aromatic carbocycles. The number of hydrogen-bond donors (Lipinski definition) is 15. The molecule has 522 valence electrons. The van der Waals surface area contributed by atoms with Crippen molar-refractivity contribution < 1.29 is 103 Å². The van der Waals surface area contributed by atoms with Crippen molar-refractivity contribution in [3.05, 3.63) is 113 Å². The van der Waals surface area contributed by atoms with Crippen LogP contribution in [0.3, 0.4) is 0 Å². The van der Waals surface area contributed by atoms with E-state index >= 15 is 0 Å². The van der Waals surface area contributed by atoms with Crippen LogP contribution in [0.25, 0.3) is 21.1 Å². The van der Waals surface area contributed by atoms with Gasteiger partial charge in [-0.15, -0.1) is 10.2 Å². The summed E-state index contributed by atoms with van der Waals surface area (Å²) < 4.78 is 15.3. The summed E-state index contributed by atoms with van der Waals surface area (Å²) in [6.07, 6.45) is -14.7. The largest absolute Gasteiger partial charge is 0.504 e. The summed E-state index contributed by atoms with van der Waals surface area (Å²) in [5.41, 5.74) is 8.07. The van der Waals surface area contributed by atoms with E-state index in [1.54, 1.807) is 19.2 Å². The van der Waals surface area contributed by atoms with Crippen LogP contribution in [-0.4, -0.2) is 226 Å². The molecule has 0 spiro atoms. The molecule has 14 atom stereocenters. The third-order valence-corrected chi connectivity index (χ3v) is 19.2. The fraction of sp³-hybridized carbons (Fsp3) is 0.452. The molecule has 0 aliphatic carbocycles. The number of phenols is 1. The number of phenolic OH excluding ortho intramolecular Hbond substituents is 1. The lowest BCUT2D eigenvalue weighted by Crippen LogP contribution is -2.64. The highest BCUT2D eigenvalue weighted by atomic mass is 35.5. The number of halogens is 1. The minimum Gasteiger partial charge on any atom is -0.504 e. The molecule has 0 radical (unpaired) electrons. The Kier molecular flexibility index (Phi) is 24.1. The van der Waals surface area contributed by atoms with Crippen molar-refractivity contribution in [3.63, 3.8) is 0 Å². The number of nitrogens with two attached hydrogens (primary N) is 1. The molecule has 4 fully saturated rings. The highest BCUT2D eigenvalue weighted by molar-refractivity contribution is 7.90. The van der Waals surface area contributed by atoms with Crippen LogP contribution in [-0.2, 0) is 53.3 Å². The number of β-amino-alcohol motifs (C(OH)–C–C–N with tert-alkyl or cyclic N) is 1. The molecule has 9 rings (SSSR count). The first-order chi connectivity index (χ1) is 46.2. The van der Waals surface area contributed by atoms with E-state index in [0.29, 0.717) is 20.6 Å². The topological polar surface area (TPSA) is 477 Å². The van der Waals surface area contributed by atoms with E-state index in [4.69, 9.17) is 31.5 Å². The normalized spacial score (nSPS) is 25.8. The third kappa shape index (κ3) is 17.0. The second kappa shape index (κ2) is 32.0. The molecule has 4 aliphatic rings. The molecule has 16 N–H and O–H groups in total. The van der Waals surface area contributed by atoms with Crippen LogP contribution in [0.1, 0.15) is 73.5 Å². The standard InChI is InChI=1S/C62H74ClN11O21S2/c1-29-27-74-49(50(29)81)57(88)65-26-38(76)23-40(66-53(84)31-4-6-32(7-5-31)58-70-71-59(96-58)33-8-15-37(16-9-33)72-20-18-62(92-3,19-21-72)35-11-13-36(63)14-12-35)54(85)67-46(30(2)75)60(89)73-28-39(77)24-41(73)55(86)69-48(56(87)68-47(61(74)90)43(79)25-45(64)80)52(83)51(82)34-10-17-42(78)44(22-34)93-97-95-94-91/h4-17,22,29-30,38-41,43,46-52,75-79,81-83,91H,18-21,23-28H2,1-3H3,(H2,64,80)(H,65,88)(H,66,84)(H,67,85)(H,68,87)(H,69,86). The van der Waals surface area contributed by atoms with Gasteiger partial charge >= 0.3 is 0 Å². The fourth-order valence-corrected chi connectivity index (χ4v) is 13.4. The van der Waals surface area contributed by atoms with Gasteiger partial charge in [-0.25, -0.2) is 5.26 Å². The maximum atomic E-state index is 14.7. The summed E-state index contributed by atoms with van der Waals surface area (Å²) in [5, 5.41) is 125. The van der Waals surface area contributed by atoms with Crippen molar-refractivity contribution in [2.75, 3.05) is 44.7 Å². The van der Waals surface area contributed by atoms with Crippen molar-refractivity contribution in [2.24, 2.45) is 11.7 Å². The molecular formula is C62H74ClN11O21S2. The van der Waals surface area contributed by atoms with Crippen molar-refractivity contribution in [1.82, 2.24) is 46.6 Å². The predicted molar refractivity (Wildman–Crippen MR) is 343 cm³/mol. The zero-order chi connectivity index (χ0) is 70.2. The number of aromatic nitrogens is 2. The summed E-state index contributed by atoms with van der Waals surface area (Å²) >= 11 is 7.42. The first kappa shape index (κ1) is 73.1. The van der Waals surface area contributed by atoms with E-state index < -0.39 is 188 Å². The maximum absolute atomic E-state index is 14.7. The molecule has 97 heavy (non-hydrogen) atoms. The van der Waals surface area contributed by atoms with Gasteiger partial charge in [0.05, 0.1) is 42.5 Å². The second-order valence-electron chi connectivity index (χ2n) is 24.1. The van der Waals surface area contributed by atoms with Gasteiger partial charge in [0.2, 0.25) is 41.4 Å². The smallest absolute Gasteiger partial charge is 0.261 e. The summed E-state index contributed by atoms with van der Waals surface area (Å²) in [6, 6.07) is 12.3. The summed E-state index contributed by atoms with van der Waals surface area (Å²) in [6.45, 7) is 2.17. The molecule has 5 aromatic rings. The number of primary amides is 1. The van der Waals surface area contributed by atoms with Crippen LogP contribution in [0.5, 0.6) is 11.5 Å². The molecule has 4 saturated heterocycles. The summed E-state index contributed by atoms with van der Waals surface area (Å²) in [5.74, 6) is -12.0. The van der Waals surface area contributed by atoms with Crippen molar-refractivity contribution in [1.29, 1.82) is 0 Å². The summed E-state index contributed by atoms with van der Waals surface area (Å²) in [7, 11) is 1.72. The quantitative estimate of drug-likeness (QED) is 0.0218. The number of carbonyl (C=O) groups is 8. The molecule has 5 heterocycles. The van der Waals surface area contributed by atoms with Gasteiger partial charge < -0.3 is 96.8 Å². The first-order valence-electron chi connectivity index (χ1n) is 30.6. The first-order valence-corrected chi connectivity index (χ1v) is 32.5. The zero-order valence-corrected chi connectivity index (χ0v) is 54.6. The fourth-order valence-electron chi connectivity index (χ4n) is 12.2. The molecule has 32 nitrogen and oxygen atoms in total. The molecule has 0 bridgehead atoms. The van der Waals surface area contributed by atoms with E-state index in [0.717, 1.165) is 77.7 Å². The van der Waals surface area contributed by atoms with Crippen molar-refractivity contribution in [3.8, 4) is 32.6 Å². The number of carbonyl (C=O) groups excluding carboxylic acids is 8. The van der Waals surface area contributed by atoms with E-state index in [1.165, 1.54) is 30.4 Å². The number of anilines is 1. The number of rotatable bonds is 18. The van der Waals surface area contributed by atoms with E-state index in [9.17, 15) is 79.2 Å². The third-order valence-electron chi connectivity index (χ3n) is 17.6. The van der Waals surface area contributed by atoms with Crippen LogP contribution >= 0.6 is 35.3 Å². The second-order valence-corrected chi connectivity index (χ2v) is 25.9. The Balaban J connectivity index is 0.966. The number of aliphatic hydroxyl groups excluding tert-OH is 7. The minimum absolute atomic E-state index is 0.0169. The number of hydrogen-bond acceptors (Lipinski definition) is 26. The number of aromatic hydroxyl groups is 1. The van der Waals surface area contributed by atoms with Crippen molar-refractivity contribution >= 4 is 88.2 Å². The summed E-state index contributed by atoms with van der Waals surface area (Å²) in [4.78, 5) is 118. The lowest BCUT2D eigenvalue weighted by Gasteiger charge is -2.42. The number of amides is 8. The van der Waals surface area contributed by atoms with Gasteiger partial charge in [-0.2, -0.15) is 0 Å². The number of nitrogens with one attached hydrogen (secondary N) is 5. The number of fused-ring (bicyclic) bond motifs is 2. The SMILES string of the molecule is COC1(c2ccc(Cl)cc2)CCN(c2ccc(-c3nnc(-c4ccc(C(=O)NC5CC(O)CNC(=O)C6C(O)C(C)CN6C(=O)C(C(O)CC(N)=O)NC(=O)C(C(O)C(O)c6ccc(O)c(OSOOO)c6)NC(=O)C6CC(O)CN6C(=O)C(C(C)O)NC5=O)cc4)s3)cc2)CC1. The zero-order valence-electron chi connectivity index (χ0n) is 52.2. The van der Waals surface area contributed by atoms with Crippen LogP contribution in [0, 0.1) is 5.92 Å². The Hall–Kier alpha value is -8.20. The Bertz CT molecular complexity index is 3650. The molecule has 35 heteroatoms. The molecular weight excluding hydrogens is 1330 g/mol. The Morgan fingerprint density at radius 2 is 1.40 bits per heavy atom. The Labute approximate surface area is 567 Å². The van der Waals surface area contributed by atoms with Crippen LogP contribution in [0.15, 0.2) is 91.0 Å². The highest BCUT2D eigenvalue weighted by Crippen LogP contribution is 2.40. The van der Waals surface area contributed by atoms with E-state index in [-0.39, 0.29) is 23.5 Å². The lowest BCUT2D eigenvalue weighted by atomic mass is 9.84. The average molecular weight is 1410 g/mol. The van der Waals surface area contributed by atoms with Gasteiger partial charge in [-0.3, -0.25) is 38.4 Å². The van der Waals surface area contributed by atoms with E-state index in [2.05, 4.69) is 51.1 Å². The van der Waals surface area contributed by atoms with Crippen LogP contribution in [0.2, 0.25) is 5.02 Å². The molecule has 1 aromatic heterocycles. The van der Waals surface area contributed by atoms with Gasteiger partial charge in [0.25, 0.3) is 18.2 Å². The van der Waals surface area contributed by atoms with E-state index in [1.807, 2.05) is 48.5 Å². The number of methoxy groups -OCH3 is 1. The minimum atomic E-state index is -2.54. The van der Waals surface area contributed by atoms with Gasteiger partial charge in [0.15, 0.2) is 11.5 Å². The lowest BCUT2D eigenvalue weighted by molar-refractivity contribution is -0.433. The van der Waals surface area contributed by atoms with Crippen LogP contribution < -0.4 is 41.4 Å². The van der Waals surface area contributed by atoms with Crippen molar-refractivity contribution in [2.45, 2.75) is 131 Å². The number of piperidine rings is 1. The predicted octanol–water partition coefficient (Wildman–Crippen LogP) is -0.949. The van der Waals surface area contributed by atoms with Gasteiger partial charge in [0.1, 0.15) is 58.5 Å². The monoisotopic (exact) mass is 1410 g/mol. The average Bonchev–Trinajstić information content (AvgIpc) is 1.76.